The van der Waals surface area contributed by atoms with Crippen LogP contribution in [0.3, 0.4) is 0 Å². The maximum atomic E-state index is 7.66. The highest BCUT2D eigenvalue weighted by Gasteiger charge is 2.55. The molecule has 2 rings (SSSR count). The first-order chi connectivity index (χ1) is 6.57. The van der Waals surface area contributed by atoms with Crippen molar-refractivity contribution in [2.24, 2.45) is 11.7 Å². The van der Waals surface area contributed by atoms with Gasteiger partial charge in [-0.3, -0.25) is 5.41 Å². The summed E-state index contributed by atoms with van der Waals surface area (Å²) in [6, 6.07) is 8.37. The van der Waals surface area contributed by atoms with Crippen LogP contribution in [-0.4, -0.2) is 5.84 Å². The molecule has 1 aliphatic rings. The molecule has 74 valence electrons. The third-order valence-electron chi connectivity index (χ3n) is 3.36. The fraction of sp³-hybridized carbons (Fsp3) is 0.417. The fourth-order valence-corrected chi connectivity index (χ4v) is 2.21. The van der Waals surface area contributed by atoms with Crippen molar-refractivity contribution in [2.75, 3.05) is 0 Å². The van der Waals surface area contributed by atoms with Gasteiger partial charge in [-0.15, -0.1) is 0 Å². The van der Waals surface area contributed by atoms with Gasteiger partial charge in [0.15, 0.2) is 0 Å². The third kappa shape index (κ3) is 1.14. The molecule has 0 spiro atoms. The van der Waals surface area contributed by atoms with Crippen LogP contribution < -0.4 is 5.73 Å². The van der Waals surface area contributed by atoms with Gasteiger partial charge >= 0.3 is 0 Å². The van der Waals surface area contributed by atoms with Crippen LogP contribution in [0.5, 0.6) is 0 Å². The van der Waals surface area contributed by atoms with Crippen molar-refractivity contribution in [1.29, 1.82) is 5.41 Å². The van der Waals surface area contributed by atoms with Gasteiger partial charge < -0.3 is 5.73 Å². The summed E-state index contributed by atoms with van der Waals surface area (Å²) in [4.78, 5) is 0. The smallest absolute Gasteiger partial charge is 0.102 e. The SMILES string of the molecule is Cc1ccc(C2(C(=N)N)CC2C)cc1. The lowest BCUT2D eigenvalue weighted by atomic mass is 9.92. The largest absolute Gasteiger partial charge is 0.387 e. The van der Waals surface area contributed by atoms with Crippen molar-refractivity contribution < 1.29 is 0 Å². The maximum Gasteiger partial charge on any atom is 0.102 e. The molecule has 2 unspecified atom stereocenters. The number of aryl methyl sites for hydroxylation is 1. The van der Waals surface area contributed by atoms with Crippen LogP contribution in [0.25, 0.3) is 0 Å². The lowest BCUT2D eigenvalue weighted by Gasteiger charge is -2.15. The normalized spacial score (nSPS) is 30.0. The predicted octanol–water partition coefficient (Wildman–Crippen LogP) is 2.21. The molecule has 0 heterocycles. The number of amidine groups is 1. The quantitative estimate of drug-likeness (QED) is 0.542. The Labute approximate surface area is 84.6 Å². The van der Waals surface area contributed by atoms with Crippen molar-refractivity contribution in [3.8, 4) is 0 Å². The summed E-state index contributed by atoms with van der Waals surface area (Å²) < 4.78 is 0. The van der Waals surface area contributed by atoms with Crippen LogP contribution >= 0.6 is 0 Å². The van der Waals surface area contributed by atoms with E-state index in [-0.39, 0.29) is 5.41 Å². The summed E-state index contributed by atoms with van der Waals surface area (Å²) in [5.74, 6) is 0.830. The van der Waals surface area contributed by atoms with E-state index in [0.717, 1.165) is 6.42 Å². The lowest BCUT2D eigenvalue weighted by molar-refractivity contribution is 0.804. The molecular formula is C12H16N2. The zero-order valence-corrected chi connectivity index (χ0v) is 8.67. The molecule has 14 heavy (non-hydrogen) atoms. The standard InChI is InChI=1S/C12H16N2/c1-8-3-5-10(6-4-8)12(11(13)14)7-9(12)2/h3-6,9H,7H2,1-2H3,(H3,13,14). The number of hydrogen-bond donors (Lipinski definition) is 2. The molecule has 2 nitrogen and oxygen atoms in total. The second-order valence-electron chi connectivity index (χ2n) is 4.36. The van der Waals surface area contributed by atoms with E-state index in [1.54, 1.807) is 0 Å². The number of rotatable bonds is 2. The van der Waals surface area contributed by atoms with E-state index in [1.807, 2.05) is 0 Å². The first-order valence-corrected chi connectivity index (χ1v) is 4.99. The Bertz CT molecular complexity index is 366. The van der Waals surface area contributed by atoms with Crippen LogP contribution in [0.1, 0.15) is 24.5 Å². The van der Waals surface area contributed by atoms with Gasteiger partial charge in [0.2, 0.25) is 0 Å². The second kappa shape index (κ2) is 2.84. The summed E-state index contributed by atoms with van der Waals surface area (Å²) in [5.41, 5.74) is 7.98. The first-order valence-electron chi connectivity index (χ1n) is 4.99. The summed E-state index contributed by atoms with van der Waals surface area (Å²) in [5, 5.41) is 7.66. The molecule has 0 saturated heterocycles. The molecule has 0 bridgehead atoms. The molecule has 3 N–H and O–H groups in total. The third-order valence-corrected chi connectivity index (χ3v) is 3.36. The Morgan fingerprint density at radius 1 is 1.43 bits per heavy atom. The molecule has 0 radical (unpaired) electrons. The monoisotopic (exact) mass is 188 g/mol. The van der Waals surface area contributed by atoms with E-state index in [2.05, 4.69) is 38.1 Å². The number of nitrogens with two attached hydrogens (primary N) is 1. The Morgan fingerprint density at radius 3 is 2.29 bits per heavy atom. The molecule has 1 fully saturated rings. The van der Waals surface area contributed by atoms with Crippen LogP contribution in [0, 0.1) is 18.3 Å². The van der Waals surface area contributed by atoms with E-state index in [4.69, 9.17) is 11.1 Å². The van der Waals surface area contributed by atoms with Crippen molar-refractivity contribution in [3.63, 3.8) is 0 Å². The van der Waals surface area contributed by atoms with Crippen LogP contribution in [0.15, 0.2) is 24.3 Å². The summed E-state index contributed by atoms with van der Waals surface area (Å²) in [6.07, 6.45) is 1.02. The van der Waals surface area contributed by atoms with E-state index < -0.39 is 0 Å². The fourth-order valence-electron chi connectivity index (χ4n) is 2.21. The maximum absolute atomic E-state index is 7.66. The zero-order valence-electron chi connectivity index (χ0n) is 8.67. The van der Waals surface area contributed by atoms with E-state index in [1.165, 1.54) is 11.1 Å². The van der Waals surface area contributed by atoms with Gasteiger partial charge in [-0.1, -0.05) is 36.8 Å². The number of hydrogen-bond acceptors (Lipinski definition) is 1. The molecule has 1 aliphatic carbocycles. The molecule has 0 amide bonds. The molecule has 1 aromatic rings. The molecule has 0 aromatic heterocycles. The van der Waals surface area contributed by atoms with E-state index in [0.29, 0.717) is 11.8 Å². The highest BCUT2D eigenvalue weighted by Crippen LogP contribution is 2.53. The average Bonchev–Trinajstić information content (AvgIpc) is 2.80. The van der Waals surface area contributed by atoms with Crippen molar-refractivity contribution in [2.45, 2.75) is 25.7 Å². The molecule has 1 aromatic carbocycles. The minimum absolute atomic E-state index is 0.145. The van der Waals surface area contributed by atoms with Crippen molar-refractivity contribution in [3.05, 3.63) is 35.4 Å². The lowest BCUT2D eigenvalue weighted by Crippen LogP contribution is -2.29. The van der Waals surface area contributed by atoms with Gasteiger partial charge in [-0.2, -0.15) is 0 Å². The Kier molecular flexibility index (Phi) is 1.88. The Balaban J connectivity index is 2.39. The van der Waals surface area contributed by atoms with Crippen LogP contribution in [-0.2, 0) is 5.41 Å². The van der Waals surface area contributed by atoms with Gasteiger partial charge in [-0.05, 0) is 24.8 Å². The molecule has 1 saturated carbocycles. The highest BCUT2D eigenvalue weighted by atomic mass is 14.8. The highest BCUT2D eigenvalue weighted by molar-refractivity contribution is 5.92. The molecule has 0 aliphatic heterocycles. The van der Waals surface area contributed by atoms with E-state index in [9.17, 15) is 0 Å². The van der Waals surface area contributed by atoms with Gasteiger partial charge in [0.05, 0.1) is 5.41 Å². The van der Waals surface area contributed by atoms with Crippen molar-refractivity contribution in [1.82, 2.24) is 0 Å². The van der Waals surface area contributed by atoms with Crippen LogP contribution in [0.2, 0.25) is 0 Å². The number of benzene rings is 1. The Morgan fingerprint density at radius 2 is 1.93 bits per heavy atom. The minimum Gasteiger partial charge on any atom is -0.387 e. The summed E-state index contributed by atoms with van der Waals surface area (Å²) in [7, 11) is 0. The van der Waals surface area contributed by atoms with Crippen LogP contribution in [0.4, 0.5) is 0 Å². The zero-order chi connectivity index (χ0) is 10.3. The van der Waals surface area contributed by atoms with E-state index >= 15 is 0 Å². The summed E-state index contributed by atoms with van der Waals surface area (Å²) in [6.45, 7) is 4.22. The minimum atomic E-state index is -0.145. The second-order valence-corrected chi connectivity index (χ2v) is 4.36. The molecular weight excluding hydrogens is 172 g/mol. The molecule has 2 heteroatoms. The first kappa shape index (κ1) is 9.25. The van der Waals surface area contributed by atoms with Gasteiger partial charge in [0.25, 0.3) is 0 Å². The average molecular weight is 188 g/mol. The Hall–Kier alpha value is -1.31. The number of nitrogens with one attached hydrogen (secondary N) is 1. The predicted molar refractivity (Wildman–Crippen MR) is 58.6 cm³/mol. The van der Waals surface area contributed by atoms with Crippen molar-refractivity contribution >= 4 is 5.84 Å². The van der Waals surface area contributed by atoms with Gasteiger partial charge in [-0.25, -0.2) is 0 Å². The topological polar surface area (TPSA) is 49.9 Å². The van der Waals surface area contributed by atoms with Gasteiger partial charge in [0, 0.05) is 0 Å². The van der Waals surface area contributed by atoms with Gasteiger partial charge in [0.1, 0.15) is 5.84 Å². The molecule has 2 atom stereocenters. The summed E-state index contributed by atoms with van der Waals surface area (Å²) >= 11 is 0.